The van der Waals surface area contributed by atoms with E-state index in [0.29, 0.717) is 17.4 Å². The molecule has 9 heteroatoms. The Balaban J connectivity index is 4.17. The minimum atomic E-state index is -4.34. The van der Waals surface area contributed by atoms with Crippen LogP contribution in [-0.4, -0.2) is 73.4 Å². The van der Waals surface area contributed by atoms with Crippen LogP contribution < -0.4 is 5.32 Å². The molecule has 59 heavy (non-hydrogen) atoms. The number of amides is 1. The van der Waals surface area contributed by atoms with Crippen LogP contribution in [0.15, 0.2) is 24.3 Å². The van der Waals surface area contributed by atoms with Crippen molar-refractivity contribution in [1.29, 1.82) is 0 Å². The number of aliphatic hydroxyl groups excluding tert-OH is 1. The smallest absolute Gasteiger partial charge is 0.387 e. The second-order valence-electron chi connectivity index (χ2n) is 18.5. The number of carbonyl (C=O) groups excluding carboxylic acids is 1. The van der Waals surface area contributed by atoms with E-state index in [-0.39, 0.29) is 19.1 Å². The number of hydrogen-bond acceptors (Lipinski definition) is 5. The normalized spacial score (nSPS) is 14.4. The lowest BCUT2D eigenvalue weighted by Gasteiger charge is -2.25. The van der Waals surface area contributed by atoms with Gasteiger partial charge in [0.05, 0.1) is 39.9 Å². The van der Waals surface area contributed by atoms with Crippen molar-refractivity contribution in [3.05, 3.63) is 24.3 Å². The van der Waals surface area contributed by atoms with Crippen molar-refractivity contribution in [2.45, 2.75) is 251 Å². The van der Waals surface area contributed by atoms with Gasteiger partial charge in [-0.3, -0.25) is 13.8 Å². The van der Waals surface area contributed by atoms with E-state index in [0.717, 1.165) is 38.5 Å². The number of quaternary nitrogens is 1. The van der Waals surface area contributed by atoms with Gasteiger partial charge in [-0.05, 0) is 32.1 Å². The minimum Gasteiger partial charge on any atom is -0.387 e. The summed E-state index contributed by atoms with van der Waals surface area (Å²) in [5.74, 6) is -0.184. The maximum atomic E-state index is 12.9. The third-order valence-electron chi connectivity index (χ3n) is 11.4. The number of unbranched alkanes of at least 4 members (excludes halogenated alkanes) is 31. The van der Waals surface area contributed by atoms with Crippen molar-refractivity contribution in [1.82, 2.24) is 5.32 Å². The summed E-state index contributed by atoms with van der Waals surface area (Å²) in [5, 5.41) is 13.8. The fourth-order valence-electron chi connectivity index (χ4n) is 7.41. The molecule has 0 saturated heterocycles. The molecular weight excluding hydrogens is 756 g/mol. The first-order valence-electron chi connectivity index (χ1n) is 25.2. The zero-order valence-corrected chi connectivity index (χ0v) is 40.7. The van der Waals surface area contributed by atoms with Gasteiger partial charge in [0.2, 0.25) is 5.91 Å². The van der Waals surface area contributed by atoms with Gasteiger partial charge < -0.3 is 19.8 Å². The molecule has 8 nitrogen and oxygen atoms in total. The summed E-state index contributed by atoms with van der Waals surface area (Å²) in [5.41, 5.74) is 0. The van der Waals surface area contributed by atoms with Crippen molar-refractivity contribution in [2.24, 2.45) is 0 Å². The minimum absolute atomic E-state index is 0.0583. The van der Waals surface area contributed by atoms with Gasteiger partial charge in [-0.15, -0.1) is 0 Å². The third-order valence-corrected chi connectivity index (χ3v) is 12.4. The first-order valence-corrected chi connectivity index (χ1v) is 26.7. The largest absolute Gasteiger partial charge is 0.472 e. The molecule has 0 rings (SSSR count). The van der Waals surface area contributed by atoms with Gasteiger partial charge >= 0.3 is 7.82 Å². The monoisotopic (exact) mass is 856 g/mol. The van der Waals surface area contributed by atoms with Gasteiger partial charge in [0.15, 0.2) is 0 Å². The quantitative estimate of drug-likeness (QED) is 0.0244. The van der Waals surface area contributed by atoms with E-state index < -0.39 is 20.0 Å². The zero-order valence-electron chi connectivity index (χ0n) is 39.8. The maximum Gasteiger partial charge on any atom is 0.472 e. The maximum absolute atomic E-state index is 12.9. The molecule has 0 heterocycles. The Hall–Kier alpha value is -1.02. The molecule has 0 aromatic heterocycles. The molecule has 0 aliphatic carbocycles. The van der Waals surface area contributed by atoms with Crippen LogP contribution in [0.25, 0.3) is 0 Å². The number of phosphoric acid groups is 1. The number of aliphatic hydroxyl groups is 1. The molecule has 350 valence electrons. The molecule has 0 bridgehead atoms. The summed E-state index contributed by atoms with van der Waals surface area (Å²) in [6, 6.07) is -0.858. The number of phosphoric ester groups is 1. The molecule has 0 aromatic rings. The van der Waals surface area contributed by atoms with Crippen molar-refractivity contribution in [2.75, 3.05) is 40.9 Å². The van der Waals surface area contributed by atoms with Gasteiger partial charge in [-0.25, -0.2) is 4.57 Å². The molecule has 0 aliphatic heterocycles. The van der Waals surface area contributed by atoms with Crippen LogP contribution in [0.4, 0.5) is 0 Å². The SMILES string of the molecule is CCCCCCCC/C=C/CC/C=C/C(O)C(COP(=O)(O)OCC[N+](C)(C)C)NC(=O)CCCCCCCCCCCCCCCCCCCCCCCCCCC. The molecule has 0 saturated carbocycles. The number of hydrogen-bond donors (Lipinski definition) is 3. The number of allylic oxidation sites excluding steroid dienone is 3. The molecule has 0 aliphatic rings. The zero-order chi connectivity index (χ0) is 43.6. The molecule has 0 radical (unpaired) electrons. The summed E-state index contributed by atoms with van der Waals surface area (Å²) < 4.78 is 23.6. The third kappa shape index (κ3) is 44.8. The highest BCUT2D eigenvalue weighted by Gasteiger charge is 2.27. The van der Waals surface area contributed by atoms with Crippen LogP contribution in [0.5, 0.6) is 0 Å². The van der Waals surface area contributed by atoms with Crippen LogP contribution in [-0.2, 0) is 18.4 Å². The van der Waals surface area contributed by atoms with Crippen molar-refractivity contribution < 1.29 is 32.9 Å². The molecule has 3 N–H and O–H groups in total. The number of carbonyl (C=O) groups is 1. The standard InChI is InChI=1S/C50H99N2O6P/c1-6-8-10-12-14-16-18-20-21-22-23-24-25-26-27-28-29-30-31-32-34-36-38-40-42-44-50(54)51-48(47-58-59(55,56)57-46-45-52(3,4)5)49(53)43-41-39-37-35-33-19-17-15-13-11-9-7-2/h33,35,41,43,48-49,53H,6-32,34,36-40,42,44-47H2,1-5H3,(H-,51,54,55,56)/p+1/b35-33+,43-41+. The van der Waals surface area contributed by atoms with Gasteiger partial charge in [0, 0.05) is 6.42 Å². The highest BCUT2D eigenvalue weighted by Crippen LogP contribution is 2.43. The summed E-state index contributed by atoms with van der Waals surface area (Å²) >= 11 is 0. The van der Waals surface area contributed by atoms with E-state index in [1.54, 1.807) is 6.08 Å². The number of nitrogens with zero attached hydrogens (tertiary/aromatic N) is 1. The van der Waals surface area contributed by atoms with Crippen LogP contribution in [0.1, 0.15) is 239 Å². The van der Waals surface area contributed by atoms with Gasteiger partial charge in [0.1, 0.15) is 13.2 Å². The van der Waals surface area contributed by atoms with Crippen LogP contribution >= 0.6 is 7.82 Å². The second-order valence-corrected chi connectivity index (χ2v) is 20.0. The first kappa shape index (κ1) is 58.0. The molecular formula is C50H100N2O6P+. The van der Waals surface area contributed by atoms with Crippen molar-refractivity contribution in [3.8, 4) is 0 Å². The summed E-state index contributed by atoms with van der Waals surface area (Å²) in [7, 11) is 1.56. The highest BCUT2D eigenvalue weighted by molar-refractivity contribution is 7.47. The molecule has 3 atom stereocenters. The molecule has 3 unspecified atom stereocenters. The van der Waals surface area contributed by atoms with Crippen molar-refractivity contribution in [3.63, 3.8) is 0 Å². The van der Waals surface area contributed by atoms with Gasteiger partial charge in [-0.2, -0.15) is 0 Å². The molecule has 1 amide bonds. The average Bonchev–Trinajstić information content (AvgIpc) is 3.19. The molecule has 0 aromatic carbocycles. The van der Waals surface area contributed by atoms with E-state index in [4.69, 9.17) is 9.05 Å². The number of nitrogens with one attached hydrogen (secondary N) is 1. The van der Waals surface area contributed by atoms with E-state index in [2.05, 4.69) is 31.3 Å². The lowest BCUT2D eigenvalue weighted by atomic mass is 10.0. The molecule has 0 fully saturated rings. The summed E-state index contributed by atoms with van der Waals surface area (Å²) in [4.78, 5) is 23.1. The predicted molar refractivity (Wildman–Crippen MR) is 254 cm³/mol. The fraction of sp³-hybridized carbons (Fsp3) is 0.900. The van der Waals surface area contributed by atoms with E-state index in [1.165, 1.54) is 180 Å². The topological polar surface area (TPSA) is 105 Å². The van der Waals surface area contributed by atoms with Crippen LogP contribution in [0.2, 0.25) is 0 Å². The van der Waals surface area contributed by atoms with Gasteiger partial charge in [-0.1, -0.05) is 224 Å². The average molecular weight is 856 g/mol. The first-order chi connectivity index (χ1) is 28.5. The highest BCUT2D eigenvalue weighted by atomic mass is 31.2. The van der Waals surface area contributed by atoms with E-state index in [1.807, 2.05) is 27.2 Å². The predicted octanol–water partition coefficient (Wildman–Crippen LogP) is 14.5. The second kappa shape index (κ2) is 42.3. The fourth-order valence-corrected chi connectivity index (χ4v) is 8.15. The Labute approximate surface area is 366 Å². The van der Waals surface area contributed by atoms with Crippen molar-refractivity contribution >= 4 is 13.7 Å². The lowest BCUT2D eigenvalue weighted by Crippen LogP contribution is -2.45. The Morgan fingerprint density at radius 2 is 0.932 bits per heavy atom. The lowest BCUT2D eigenvalue weighted by molar-refractivity contribution is -0.870. The summed E-state index contributed by atoms with van der Waals surface area (Å²) in [6.45, 7) is 4.80. The Morgan fingerprint density at radius 1 is 0.559 bits per heavy atom. The number of rotatable bonds is 46. The summed E-state index contributed by atoms with van der Waals surface area (Å²) in [6.07, 6.45) is 51.3. The molecule has 0 spiro atoms. The van der Waals surface area contributed by atoms with Crippen LogP contribution in [0.3, 0.4) is 0 Å². The number of likely N-dealkylation sites (N-methyl/N-ethyl adjacent to an activating group) is 1. The van der Waals surface area contributed by atoms with Gasteiger partial charge in [0.25, 0.3) is 0 Å². The van der Waals surface area contributed by atoms with E-state index >= 15 is 0 Å². The Kier molecular flexibility index (Phi) is 41.6. The van der Waals surface area contributed by atoms with Crippen LogP contribution in [0, 0.1) is 0 Å². The Morgan fingerprint density at radius 3 is 1.36 bits per heavy atom. The Bertz CT molecular complexity index is 1020. The van der Waals surface area contributed by atoms with E-state index in [9.17, 15) is 19.4 Å².